The zero-order chi connectivity index (χ0) is 14.2. The van der Waals surface area contributed by atoms with Gasteiger partial charge in [0.05, 0.1) is 11.4 Å². The first-order chi connectivity index (χ1) is 9.58. The van der Waals surface area contributed by atoms with Gasteiger partial charge < -0.3 is 4.90 Å². The number of hydrogen-bond acceptors (Lipinski definition) is 4. The van der Waals surface area contributed by atoms with Crippen LogP contribution in [0, 0.1) is 0 Å². The lowest BCUT2D eigenvalue weighted by molar-refractivity contribution is 0.191. The van der Waals surface area contributed by atoms with Crippen molar-refractivity contribution in [3.63, 3.8) is 0 Å². The van der Waals surface area contributed by atoms with Crippen molar-refractivity contribution in [2.45, 2.75) is 30.2 Å². The van der Waals surface area contributed by atoms with E-state index in [-0.39, 0.29) is 0 Å². The van der Waals surface area contributed by atoms with Gasteiger partial charge in [-0.3, -0.25) is 9.71 Å². The minimum atomic E-state index is -3.42. The summed E-state index contributed by atoms with van der Waals surface area (Å²) in [6.07, 6.45) is 3.59. The maximum atomic E-state index is 12.0. The second-order valence-electron chi connectivity index (χ2n) is 5.42. The van der Waals surface area contributed by atoms with Gasteiger partial charge in [0, 0.05) is 11.6 Å². The molecule has 1 unspecified atom stereocenters. The Morgan fingerprint density at radius 2 is 2.15 bits per heavy atom. The highest BCUT2D eigenvalue weighted by atomic mass is 32.2. The number of amidine groups is 1. The summed E-state index contributed by atoms with van der Waals surface area (Å²) in [4.78, 5) is 7.16. The van der Waals surface area contributed by atoms with Crippen LogP contribution >= 0.6 is 0 Å². The van der Waals surface area contributed by atoms with Crippen molar-refractivity contribution in [3.8, 4) is 0 Å². The third-order valence-corrected chi connectivity index (χ3v) is 5.44. The molecule has 2 aliphatic heterocycles. The number of fused-ring (bicyclic) bond motifs is 1. The second kappa shape index (κ2) is 5.18. The van der Waals surface area contributed by atoms with Crippen LogP contribution in [0.15, 0.2) is 34.2 Å². The van der Waals surface area contributed by atoms with Gasteiger partial charge in [-0.1, -0.05) is 18.6 Å². The predicted octanol–water partition coefficient (Wildman–Crippen LogP) is 1.21. The summed E-state index contributed by atoms with van der Waals surface area (Å²) in [7, 11) is -1.31. The van der Waals surface area contributed by atoms with Gasteiger partial charge in [-0.2, -0.15) is 0 Å². The van der Waals surface area contributed by atoms with Crippen molar-refractivity contribution in [3.05, 3.63) is 29.8 Å². The third kappa shape index (κ3) is 2.45. The molecule has 0 saturated carbocycles. The first-order valence-electron chi connectivity index (χ1n) is 6.95. The molecule has 3 rings (SSSR count). The Labute approximate surface area is 119 Å². The molecule has 0 aliphatic carbocycles. The molecule has 0 aromatic heterocycles. The molecular weight excluding hydrogens is 274 g/mol. The number of aliphatic imine (C=N–C) groups is 1. The third-order valence-electron chi connectivity index (χ3n) is 4.04. The highest BCUT2D eigenvalue weighted by Gasteiger charge is 2.30. The normalized spacial score (nSPS) is 27.2. The monoisotopic (exact) mass is 293 g/mol. The number of nitrogens with one attached hydrogen (secondary N) is 1. The molecule has 2 heterocycles. The van der Waals surface area contributed by atoms with Crippen LogP contribution in [-0.4, -0.2) is 45.3 Å². The van der Waals surface area contributed by atoms with E-state index in [1.165, 1.54) is 12.8 Å². The molecule has 5 nitrogen and oxygen atoms in total. The van der Waals surface area contributed by atoms with Crippen LogP contribution in [0.2, 0.25) is 0 Å². The van der Waals surface area contributed by atoms with E-state index < -0.39 is 10.0 Å². The number of hydrogen-bond donors (Lipinski definition) is 1. The highest BCUT2D eigenvalue weighted by Crippen LogP contribution is 2.23. The number of benzene rings is 1. The van der Waals surface area contributed by atoms with Gasteiger partial charge in [-0.05, 0) is 38.6 Å². The lowest BCUT2D eigenvalue weighted by atomic mass is 10.0. The lowest BCUT2D eigenvalue weighted by Crippen LogP contribution is -2.38. The first kappa shape index (κ1) is 13.6. The van der Waals surface area contributed by atoms with E-state index in [0.29, 0.717) is 28.9 Å². The standard InChI is InChI=1S/C14H19N3O2S/c1-17-9-5-4-6-11(17)10-15-14-12-7-2-3-8-13(12)20(18,19)16-14/h2-3,7-8,11H,4-6,9-10H2,1H3,(H,15,16). The summed E-state index contributed by atoms with van der Waals surface area (Å²) in [5, 5.41) is 0. The molecule has 1 saturated heterocycles. The van der Waals surface area contributed by atoms with Crippen molar-refractivity contribution >= 4 is 15.9 Å². The molecule has 1 fully saturated rings. The fourth-order valence-corrected chi connectivity index (χ4v) is 4.07. The van der Waals surface area contributed by atoms with E-state index in [1.807, 2.05) is 6.07 Å². The van der Waals surface area contributed by atoms with Gasteiger partial charge in [0.1, 0.15) is 5.84 Å². The second-order valence-corrected chi connectivity index (χ2v) is 7.07. The van der Waals surface area contributed by atoms with Gasteiger partial charge in [0.2, 0.25) is 0 Å². The maximum Gasteiger partial charge on any atom is 0.263 e. The summed E-state index contributed by atoms with van der Waals surface area (Å²) in [6.45, 7) is 1.74. The van der Waals surface area contributed by atoms with Gasteiger partial charge >= 0.3 is 0 Å². The molecule has 0 bridgehead atoms. The van der Waals surface area contributed by atoms with Crippen LogP contribution in [0.4, 0.5) is 0 Å². The van der Waals surface area contributed by atoms with E-state index in [2.05, 4.69) is 21.7 Å². The summed E-state index contributed by atoms with van der Waals surface area (Å²) >= 11 is 0. The Hall–Kier alpha value is -1.40. The highest BCUT2D eigenvalue weighted by molar-refractivity contribution is 7.90. The van der Waals surface area contributed by atoms with Crippen LogP contribution in [0.5, 0.6) is 0 Å². The van der Waals surface area contributed by atoms with Crippen LogP contribution in [0.25, 0.3) is 0 Å². The number of likely N-dealkylation sites (tertiary alicyclic amines) is 1. The lowest BCUT2D eigenvalue weighted by Gasteiger charge is -2.31. The van der Waals surface area contributed by atoms with Gasteiger partial charge in [-0.15, -0.1) is 0 Å². The van der Waals surface area contributed by atoms with Crippen LogP contribution in [0.3, 0.4) is 0 Å². The first-order valence-corrected chi connectivity index (χ1v) is 8.43. The Kier molecular flexibility index (Phi) is 3.52. The molecule has 0 spiro atoms. The summed E-state index contributed by atoms with van der Waals surface area (Å²) in [5.41, 5.74) is 0.686. The SMILES string of the molecule is CN1CCCCC1CN=C1NS(=O)(=O)c2ccccc21. The number of nitrogens with zero attached hydrogens (tertiary/aromatic N) is 2. The number of likely N-dealkylation sites (N-methyl/N-ethyl adjacent to an activating group) is 1. The molecule has 1 atom stereocenters. The van der Waals surface area contributed by atoms with Gasteiger partial charge in [0.25, 0.3) is 10.0 Å². The molecule has 1 N–H and O–H groups in total. The zero-order valence-electron chi connectivity index (χ0n) is 11.5. The van der Waals surface area contributed by atoms with Crippen molar-refractivity contribution in [2.24, 2.45) is 4.99 Å². The van der Waals surface area contributed by atoms with Gasteiger partial charge in [0.15, 0.2) is 0 Å². The zero-order valence-corrected chi connectivity index (χ0v) is 12.4. The molecule has 2 aliphatic rings. The topological polar surface area (TPSA) is 61.8 Å². The molecule has 0 radical (unpaired) electrons. The number of rotatable bonds is 2. The summed E-state index contributed by atoms with van der Waals surface area (Å²) in [6, 6.07) is 7.40. The quantitative estimate of drug-likeness (QED) is 0.891. The van der Waals surface area contributed by atoms with Crippen molar-refractivity contribution in [1.82, 2.24) is 9.62 Å². The average Bonchev–Trinajstić information content (AvgIpc) is 2.70. The Bertz CT molecular complexity index is 640. The minimum Gasteiger partial charge on any atom is -0.302 e. The van der Waals surface area contributed by atoms with Crippen molar-refractivity contribution < 1.29 is 8.42 Å². The Morgan fingerprint density at radius 3 is 2.95 bits per heavy atom. The minimum absolute atomic E-state index is 0.329. The van der Waals surface area contributed by atoms with Crippen LogP contribution in [0.1, 0.15) is 24.8 Å². The smallest absolute Gasteiger partial charge is 0.263 e. The number of sulfonamides is 1. The van der Waals surface area contributed by atoms with Crippen molar-refractivity contribution in [2.75, 3.05) is 20.1 Å². The summed E-state index contributed by atoms with van der Waals surface area (Å²) in [5.74, 6) is 0.486. The van der Waals surface area contributed by atoms with Crippen LogP contribution in [-0.2, 0) is 10.0 Å². The van der Waals surface area contributed by atoms with Crippen LogP contribution < -0.4 is 4.72 Å². The Morgan fingerprint density at radius 1 is 1.35 bits per heavy atom. The fourth-order valence-electron chi connectivity index (χ4n) is 2.82. The van der Waals surface area contributed by atoms with E-state index in [1.54, 1.807) is 18.2 Å². The molecule has 20 heavy (non-hydrogen) atoms. The fraction of sp³-hybridized carbons (Fsp3) is 0.500. The molecule has 108 valence electrons. The predicted molar refractivity (Wildman–Crippen MR) is 78.4 cm³/mol. The van der Waals surface area contributed by atoms with Gasteiger partial charge in [-0.25, -0.2) is 8.42 Å². The molecule has 6 heteroatoms. The average molecular weight is 293 g/mol. The molecular formula is C14H19N3O2S. The largest absolute Gasteiger partial charge is 0.302 e. The van der Waals surface area contributed by atoms with E-state index in [9.17, 15) is 8.42 Å². The van der Waals surface area contributed by atoms with Crippen molar-refractivity contribution in [1.29, 1.82) is 0 Å². The molecule has 0 amide bonds. The molecule has 1 aromatic rings. The molecule has 1 aromatic carbocycles. The summed E-state index contributed by atoms with van der Waals surface area (Å²) < 4.78 is 26.5. The maximum absolute atomic E-state index is 12.0. The van der Waals surface area contributed by atoms with E-state index in [4.69, 9.17) is 0 Å². The Balaban J connectivity index is 1.83. The number of piperidine rings is 1. The van der Waals surface area contributed by atoms with E-state index >= 15 is 0 Å². The van der Waals surface area contributed by atoms with E-state index in [0.717, 1.165) is 13.0 Å².